The van der Waals surface area contributed by atoms with Crippen LogP contribution >= 0.6 is 11.6 Å². The van der Waals surface area contributed by atoms with Gasteiger partial charge in [-0.15, -0.1) is 0 Å². The lowest BCUT2D eigenvalue weighted by molar-refractivity contribution is 0.0827. The fourth-order valence-corrected chi connectivity index (χ4v) is 3.55. The molecule has 1 saturated carbocycles. The average molecular weight is 368 g/mol. The molecule has 142 valence electrons. The lowest BCUT2D eigenvalue weighted by Gasteiger charge is -2.13. The molecule has 1 aliphatic rings. The Morgan fingerprint density at radius 2 is 2.04 bits per heavy atom. The van der Waals surface area contributed by atoms with E-state index in [1.165, 1.54) is 24.2 Å². The molecule has 2 rings (SSSR count). The molecule has 0 spiro atoms. The number of amides is 1. The molecule has 1 aliphatic carbocycles. The van der Waals surface area contributed by atoms with Crippen molar-refractivity contribution in [3.05, 3.63) is 28.8 Å². The van der Waals surface area contributed by atoms with Crippen LogP contribution in [0.5, 0.6) is 5.75 Å². The van der Waals surface area contributed by atoms with Crippen LogP contribution in [0.25, 0.3) is 0 Å². The van der Waals surface area contributed by atoms with Crippen molar-refractivity contribution < 1.29 is 9.53 Å². The van der Waals surface area contributed by atoms with Crippen molar-refractivity contribution in [2.45, 2.75) is 53.4 Å². The highest BCUT2D eigenvalue weighted by atomic mass is 35.5. The number of nitrogens with zero attached hydrogens (tertiary/aromatic N) is 1. The molecule has 25 heavy (non-hydrogen) atoms. The second kappa shape index (κ2) is 10.7. The van der Waals surface area contributed by atoms with Gasteiger partial charge in [0.2, 0.25) is 0 Å². The quantitative estimate of drug-likeness (QED) is 0.571. The van der Waals surface area contributed by atoms with Crippen molar-refractivity contribution in [2.24, 2.45) is 17.8 Å². The monoisotopic (exact) mass is 367 g/mol. The number of carbonyl (C=O) groups is 1. The van der Waals surface area contributed by atoms with E-state index in [9.17, 15) is 4.79 Å². The van der Waals surface area contributed by atoms with E-state index in [1.54, 1.807) is 26.2 Å². The molecule has 0 saturated heterocycles. The zero-order valence-electron chi connectivity index (χ0n) is 16.6. The number of hydrogen-bond acceptors (Lipinski definition) is 2. The predicted molar refractivity (Wildman–Crippen MR) is 107 cm³/mol. The summed E-state index contributed by atoms with van der Waals surface area (Å²) in [6, 6.07) is 5.30. The Morgan fingerprint density at radius 1 is 1.36 bits per heavy atom. The summed E-state index contributed by atoms with van der Waals surface area (Å²) in [5.74, 6) is 3.20. The Morgan fingerprint density at radius 3 is 2.60 bits per heavy atom. The molecular weight excluding hydrogens is 334 g/mol. The van der Waals surface area contributed by atoms with Crippen LogP contribution in [0.2, 0.25) is 5.02 Å². The maximum absolute atomic E-state index is 11.9. The van der Waals surface area contributed by atoms with Crippen molar-refractivity contribution in [3.8, 4) is 5.75 Å². The first-order valence-electron chi connectivity index (χ1n) is 9.58. The zero-order valence-corrected chi connectivity index (χ0v) is 17.4. The molecule has 1 aromatic carbocycles. The summed E-state index contributed by atoms with van der Waals surface area (Å²) in [5, 5.41) is 0.446. The summed E-state index contributed by atoms with van der Waals surface area (Å²) < 4.78 is 5.81. The molecule has 0 bridgehead atoms. The smallest absolute Gasteiger partial charge is 0.254 e. The van der Waals surface area contributed by atoms with Crippen LogP contribution in [0.4, 0.5) is 0 Å². The summed E-state index contributed by atoms with van der Waals surface area (Å²) in [4.78, 5) is 13.5. The van der Waals surface area contributed by atoms with E-state index in [-0.39, 0.29) is 5.91 Å². The molecular formula is C21H34ClNO2. The maximum Gasteiger partial charge on any atom is 0.254 e. The fraction of sp³-hybridized carbons (Fsp3) is 0.667. The van der Waals surface area contributed by atoms with Gasteiger partial charge in [-0.25, -0.2) is 0 Å². The summed E-state index contributed by atoms with van der Waals surface area (Å²) in [6.45, 7) is 9.35. The maximum atomic E-state index is 11.9. The molecule has 1 amide bonds. The largest absolute Gasteiger partial charge is 0.494 e. The third-order valence-electron chi connectivity index (χ3n) is 4.79. The number of rotatable bonds is 8. The van der Waals surface area contributed by atoms with Crippen LogP contribution in [0.3, 0.4) is 0 Å². The van der Waals surface area contributed by atoms with Crippen molar-refractivity contribution in [1.82, 2.24) is 4.90 Å². The Labute approximate surface area is 158 Å². The second-order valence-electron chi connectivity index (χ2n) is 6.90. The van der Waals surface area contributed by atoms with E-state index in [0.29, 0.717) is 10.6 Å². The third kappa shape index (κ3) is 6.54. The fourth-order valence-electron chi connectivity index (χ4n) is 3.30. The Balaban J connectivity index is 0.00000151. The minimum atomic E-state index is -0.0905. The highest BCUT2D eigenvalue weighted by Crippen LogP contribution is 2.47. The minimum Gasteiger partial charge on any atom is -0.494 e. The van der Waals surface area contributed by atoms with Gasteiger partial charge in [0, 0.05) is 14.1 Å². The second-order valence-corrected chi connectivity index (χ2v) is 7.31. The summed E-state index contributed by atoms with van der Waals surface area (Å²) >= 11 is 6.19. The van der Waals surface area contributed by atoms with Gasteiger partial charge in [-0.3, -0.25) is 4.79 Å². The van der Waals surface area contributed by atoms with Gasteiger partial charge in [0.25, 0.3) is 5.91 Å². The normalized spacial score (nSPS) is 19.5. The van der Waals surface area contributed by atoms with Crippen molar-refractivity contribution in [3.63, 3.8) is 0 Å². The Bertz CT molecular complexity index is 545. The van der Waals surface area contributed by atoms with Crippen LogP contribution < -0.4 is 4.74 Å². The molecule has 3 atom stereocenters. The molecule has 0 aromatic heterocycles. The summed E-state index contributed by atoms with van der Waals surface area (Å²) in [6.07, 6.45) is 5.06. The Kier molecular flexibility index (Phi) is 9.34. The Hall–Kier alpha value is -1.22. The highest BCUT2D eigenvalue weighted by Gasteiger charge is 2.39. The van der Waals surface area contributed by atoms with Crippen LogP contribution in [-0.2, 0) is 0 Å². The topological polar surface area (TPSA) is 29.5 Å². The van der Waals surface area contributed by atoms with Crippen LogP contribution in [0, 0.1) is 17.8 Å². The first-order chi connectivity index (χ1) is 11.9. The third-order valence-corrected chi connectivity index (χ3v) is 5.10. The van der Waals surface area contributed by atoms with Crippen LogP contribution in [-0.4, -0.2) is 31.5 Å². The summed E-state index contributed by atoms with van der Waals surface area (Å²) in [5.41, 5.74) is 0.514. The zero-order chi connectivity index (χ0) is 19.0. The molecule has 1 fully saturated rings. The van der Waals surface area contributed by atoms with Crippen molar-refractivity contribution in [2.75, 3.05) is 20.7 Å². The predicted octanol–water partition coefficient (Wildman–Crippen LogP) is 5.91. The van der Waals surface area contributed by atoms with Gasteiger partial charge in [0.15, 0.2) is 0 Å². The van der Waals surface area contributed by atoms with E-state index in [1.807, 2.05) is 19.9 Å². The van der Waals surface area contributed by atoms with Gasteiger partial charge in [0.05, 0.1) is 17.2 Å². The van der Waals surface area contributed by atoms with Gasteiger partial charge in [-0.1, -0.05) is 52.1 Å². The molecule has 0 radical (unpaired) electrons. The molecule has 0 heterocycles. The van der Waals surface area contributed by atoms with Gasteiger partial charge in [-0.05, 0) is 48.8 Å². The first-order valence-corrected chi connectivity index (χ1v) is 9.95. The van der Waals surface area contributed by atoms with E-state index >= 15 is 0 Å². The van der Waals surface area contributed by atoms with Crippen molar-refractivity contribution >= 4 is 17.5 Å². The van der Waals surface area contributed by atoms with Crippen LogP contribution in [0.1, 0.15) is 63.7 Å². The first kappa shape index (κ1) is 21.8. The van der Waals surface area contributed by atoms with E-state index in [4.69, 9.17) is 16.3 Å². The van der Waals surface area contributed by atoms with Gasteiger partial charge < -0.3 is 9.64 Å². The lowest BCUT2D eigenvalue weighted by atomic mass is 9.98. The lowest BCUT2D eigenvalue weighted by Crippen LogP contribution is -2.21. The number of benzene rings is 1. The molecule has 3 nitrogen and oxygen atoms in total. The van der Waals surface area contributed by atoms with Gasteiger partial charge in [-0.2, -0.15) is 0 Å². The van der Waals surface area contributed by atoms with E-state index in [0.717, 1.165) is 36.5 Å². The van der Waals surface area contributed by atoms with Gasteiger partial charge in [0.1, 0.15) is 5.75 Å². The standard InChI is InChI=1S/C19H28ClNO2.C2H6/c1-5-6-13(2)17-11-14(17)9-10-23-15-7-8-16(18(20)12-15)19(22)21(3)4;1-2/h7-8,12-14,17H,5-6,9-11H2,1-4H3;1-2H3. The SMILES string of the molecule is CC.CCCC(C)C1CC1CCOc1ccc(C(=O)N(C)C)c(Cl)c1. The van der Waals surface area contributed by atoms with E-state index in [2.05, 4.69) is 13.8 Å². The number of halogens is 1. The summed E-state index contributed by atoms with van der Waals surface area (Å²) in [7, 11) is 3.43. The highest BCUT2D eigenvalue weighted by molar-refractivity contribution is 6.34. The van der Waals surface area contributed by atoms with Crippen molar-refractivity contribution in [1.29, 1.82) is 0 Å². The van der Waals surface area contributed by atoms with Gasteiger partial charge >= 0.3 is 0 Å². The average Bonchev–Trinajstić information content (AvgIpc) is 3.36. The van der Waals surface area contributed by atoms with Crippen LogP contribution in [0.15, 0.2) is 18.2 Å². The molecule has 0 aliphatic heterocycles. The van der Waals surface area contributed by atoms with E-state index < -0.39 is 0 Å². The number of carbonyl (C=O) groups excluding carboxylic acids is 1. The molecule has 4 heteroatoms. The molecule has 0 N–H and O–H groups in total. The number of hydrogen-bond donors (Lipinski definition) is 0. The minimum absolute atomic E-state index is 0.0905. The number of ether oxygens (including phenoxy) is 1. The molecule has 3 unspecified atom stereocenters. The molecule has 1 aromatic rings.